The first-order chi connectivity index (χ1) is 7.43. The number of hydrogen-bond acceptors (Lipinski definition) is 1. The van der Waals surface area contributed by atoms with Gasteiger partial charge in [0.15, 0.2) is 0 Å². The highest BCUT2D eigenvalue weighted by atomic mass is 32.2. The van der Waals surface area contributed by atoms with Crippen molar-refractivity contribution >= 4 is 11.8 Å². The quantitative estimate of drug-likeness (QED) is 0.711. The maximum Gasteiger partial charge on any atom is 0.395 e. The number of benzene rings is 1. The Kier molecular flexibility index (Phi) is 2.95. The smallest absolute Gasteiger partial charge is 0.170 e. The van der Waals surface area contributed by atoms with E-state index in [1.165, 1.54) is 11.8 Å². The molecule has 1 saturated carbocycles. The largest absolute Gasteiger partial charge is 0.395 e. The minimum absolute atomic E-state index is 0.152. The molecule has 0 nitrogen and oxygen atoms in total. The van der Waals surface area contributed by atoms with Gasteiger partial charge in [0.1, 0.15) is 0 Å². The van der Waals surface area contributed by atoms with Crippen LogP contribution in [0.4, 0.5) is 13.2 Å². The first-order valence-corrected chi connectivity index (χ1v) is 6.18. The molecule has 0 aromatic heterocycles. The van der Waals surface area contributed by atoms with Crippen molar-refractivity contribution in [3.05, 3.63) is 29.8 Å². The Balaban J connectivity index is 1.96. The molecule has 0 saturated heterocycles. The fourth-order valence-electron chi connectivity index (χ4n) is 1.52. The second-order valence-corrected chi connectivity index (χ2v) is 5.43. The monoisotopic (exact) mass is 246 g/mol. The summed E-state index contributed by atoms with van der Waals surface area (Å²) in [5.41, 5.74) is -0.274. The molecule has 88 valence electrons. The summed E-state index contributed by atoms with van der Waals surface area (Å²) in [6.07, 6.45) is -3.46. The third-order valence-electron chi connectivity index (χ3n) is 2.99. The molecule has 0 radical (unpaired) electrons. The molecule has 0 bridgehead atoms. The van der Waals surface area contributed by atoms with E-state index in [2.05, 4.69) is 0 Å². The molecule has 2 rings (SSSR count). The number of aryl methyl sites for hydroxylation is 1. The van der Waals surface area contributed by atoms with Crippen molar-refractivity contribution in [2.75, 3.05) is 5.75 Å². The summed E-state index contributed by atoms with van der Waals surface area (Å²) in [4.78, 5) is 0.918. The average Bonchev–Trinajstić information content (AvgIpc) is 2.97. The van der Waals surface area contributed by atoms with Crippen LogP contribution in [0.3, 0.4) is 0 Å². The van der Waals surface area contributed by atoms with Crippen LogP contribution in [-0.2, 0) is 0 Å². The summed E-state index contributed by atoms with van der Waals surface area (Å²) in [6, 6.07) is 7.61. The highest BCUT2D eigenvalue weighted by molar-refractivity contribution is 7.99. The number of hydrogen-bond donors (Lipinski definition) is 0. The average molecular weight is 246 g/mol. The highest BCUT2D eigenvalue weighted by Crippen LogP contribution is 2.59. The van der Waals surface area contributed by atoms with E-state index in [0.29, 0.717) is 0 Å². The van der Waals surface area contributed by atoms with E-state index in [1.807, 2.05) is 31.2 Å². The molecule has 1 aromatic carbocycles. The Morgan fingerprint density at radius 1 is 1.19 bits per heavy atom. The third-order valence-corrected chi connectivity index (χ3v) is 4.29. The normalized spacial score (nSPS) is 18.5. The Bertz CT molecular complexity index is 363. The molecular formula is C12H13F3S. The van der Waals surface area contributed by atoms with Gasteiger partial charge in [-0.25, -0.2) is 0 Å². The van der Waals surface area contributed by atoms with Gasteiger partial charge in [-0.3, -0.25) is 0 Å². The van der Waals surface area contributed by atoms with E-state index in [9.17, 15) is 13.2 Å². The first-order valence-electron chi connectivity index (χ1n) is 5.19. The van der Waals surface area contributed by atoms with E-state index in [0.717, 1.165) is 10.5 Å². The molecule has 0 aliphatic heterocycles. The van der Waals surface area contributed by atoms with E-state index in [4.69, 9.17) is 0 Å². The molecule has 4 heteroatoms. The van der Waals surface area contributed by atoms with Crippen LogP contribution < -0.4 is 0 Å². The minimum atomic E-state index is -4.04. The zero-order valence-corrected chi connectivity index (χ0v) is 9.79. The van der Waals surface area contributed by atoms with Crippen LogP contribution >= 0.6 is 11.8 Å². The third kappa shape index (κ3) is 2.37. The highest BCUT2D eigenvalue weighted by Gasteiger charge is 2.62. The number of halogens is 3. The molecule has 0 heterocycles. The zero-order chi connectivity index (χ0) is 11.8. The fourth-order valence-corrected chi connectivity index (χ4v) is 2.74. The van der Waals surface area contributed by atoms with E-state index >= 15 is 0 Å². The molecule has 1 aliphatic carbocycles. The summed E-state index contributed by atoms with van der Waals surface area (Å²) in [5, 5.41) is 0. The molecule has 1 aliphatic rings. The maximum absolute atomic E-state index is 12.6. The Morgan fingerprint density at radius 3 is 2.19 bits per heavy atom. The zero-order valence-electron chi connectivity index (χ0n) is 8.97. The number of rotatable bonds is 3. The van der Waals surface area contributed by atoms with Crippen molar-refractivity contribution in [2.24, 2.45) is 5.41 Å². The molecule has 0 spiro atoms. The van der Waals surface area contributed by atoms with Gasteiger partial charge in [0.05, 0.1) is 5.41 Å². The summed E-state index contributed by atoms with van der Waals surface area (Å²) >= 11 is 1.31. The van der Waals surface area contributed by atoms with Crippen LogP contribution in [0.15, 0.2) is 29.2 Å². The summed E-state index contributed by atoms with van der Waals surface area (Å²) < 4.78 is 37.9. The van der Waals surface area contributed by atoms with Gasteiger partial charge in [0, 0.05) is 10.6 Å². The lowest BCUT2D eigenvalue weighted by Gasteiger charge is -2.18. The second kappa shape index (κ2) is 3.99. The van der Waals surface area contributed by atoms with Crippen molar-refractivity contribution in [3.8, 4) is 0 Å². The van der Waals surface area contributed by atoms with Gasteiger partial charge in [0.25, 0.3) is 0 Å². The van der Waals surface area contributed by atoms with Gasteiger partial charge in [-0.15, -0.1) is 11.8 Å². The van der Waals surface area contributed by atoms with Crippen LogP contribution in [0.25, 0.3) is 0 Å². The van der Waals surface area contributed by atoms with E-state index in [-0.39, 0.29) is 18.6 Å². The summed E-state index contributed by atoms with van der Waals surface area (Å²) in [6.45, 7) is 1.96. The molecule has 16 heavy (non-hydrogen) atoms. The van der Waals surface area contributed by atoms with Gasteiger partial charge < -0.3 is 0 Å². The van der Waals surface area contributed by atoms with Crippen LogP contribution in [0.5, 0.6) is 0 Å². The van der Waals surface area contributed by atoms with Gasteiger partial charge in [0.2, 0.25) is 0 Å². The fraction of sp³-hybridized carbons (Fsp3) is 0.500. The van der Waals surface area contributed by atoms with Crippen molar-refractivity contribution in [3.63, 3.8) is 0 Å². The van der Waals surface area contributed by atoms with Crippen molar-refractivity contribution in [2.45, 2.75) is 30.8 Å². The SMILES string of the molecule is Cc1ccc(SCC2(C(F)(F)F)CC2)cc1. The predicted octanol–water partition coefficient (Wildman–Crippen LogP) is 4.43. The lowest BCUT2D eigenvalue weighted by molar-refractivity contribution is -0.179. The van der Waals surface area contributed by atoms with Crippen molar-refractivity contribution < 1.29 is 13.2 Å². The Morgan fingerprint density at radius 2 is 1.75 bits per heavy atom. The van der Waals surface area contributed by atoms with Crippen molar-refractivity contribution in [1.82, 2.24) is 0 Å². The molecule has 0 amide bonds. The predicted molar refractivity (Wildman–Crippen MR) is 59.6 cm³/mol. The lowest BCUT2D eigenvalue weighted by Crippen LogP contribution is -2.26. The molecule has 0 atom stereocenters. The summed E-state index contributed by atoms with van der Waals surface area (Å²) in [5.74, 6) is 0.152. The number of alkyl halides is 3. The molecule has 1 fully saturated rings. The molecule has 1 aromatic rings. The topological polar surface area (TPSA) is 0 Å². The van der Waals surface area contributed by atoms with Gasteiger partial charge in [-0.2, -0.15) is 13.2 Å². The second-order valence-electron chi connectivity index (χ2n) is 4.38. The molecule has 0 unspecified atom stereocenters. The van der Waals surface area contributed by atoms with Crippen LogP contribution in [-0.4, -0.2) is 11.9 Å². The van der Waals surface area contributed by atoms with E-state index < -0.39 is 11.6 Å². The number of thioether (sulfide) groups is 1. The molecular weight excluding hydrogens is 233 g/mol. The van der Waals surface area contributed by atoms with Gasteiger partial charge in [-0.05, 0) is 31.9 Å². The standard InChI is InChI=1S/C12H13F3S/c1-9-2-4-10(5-3-9)16-8-11(6-7-11)12(13,14)15/h2-5H,6-8H2,1H3. The van der Waals surface area contributed by atoms with Gasteiger partial charge >= 0.3 is 6.18 Å². The Hall–Kier alpha value is -0.640. The van der Waals surface area contributed by atoms with Gasteiger partial charge in [-0.1, -0.05) is 17.7 Å². The Labute approximate surface area is 97.2 Å². The van der Waals surface area contributed by atoms with Crippen LogP contribution in [0, 0.1) is 12.3 Å². The lowest BCUT2D eigenvalue weighted by atomic mass is 10.1. The maximum atomic E-state index is 12.6. The molecule has 0 N–H and O–H groups in total. The summed E-state index contributed by atoms with van der Waals surface area (Å²) in [7, 11) is 0. The van der Waals surface area contributed by atoms with Crippen LogP contribution in [0.1, 0.15) is 18.4 Å². The van der Waals surface area contributed by atoms with Crippen LogP contribution in [0.2, 0.25) is 0 Å². The van der Waals surface area contributed by atoms with E-state index in [1.54, 1.807) is 0 Å². The van der Waals surface area contributed by atoms with Crippen molar-refractivity contribution in [1.29, 1.82) is 0 Å². The first kappa shape index (κ1) is 11.8. The minimum Gasteiger partial charge on any atom is -0.170 e.